The van der Waals surface area contributed by atoms with Gasteiger partial charge in [-0.15, -0.1) is 0 Å². The fourth-order valence-corrected chi connectivity index (χ4v) is 0.574. The van der Waals surface area contributed by atoms with Crippen molar-refractivity contribution < 1.29 is 14.4 Å². The first-order chi connectivity index (χ1) is 5.95. The molecule has 76 valence electrons. The number of hydrogen-bond donors (Lipinski definition) is 2. The SMILES string of the molecule is CC(C)C(C)C(=O)NOCC(N)=O. The Morgan fingerprint density at radius 3 is 2.31 bits per heavy atom. The standard InChI is InChI=1S/C8H16N2O3/c1-5(2)6(3)8(12)10-13-4-7(9)11/h5-6H,4H2,1-3H3,(H2,9,11)(H,10,12). The van der Waals surface area contributed by atoms with Crippen molar-refractivity contribution in [3.63, 3.8) is 0 Å². The highest BCUT2D eigenvalue weighted by Gasteiger charge is 2.16. The van der Waals surface area contributed by atoms with Crippen LogP contribution in [0, 0.1) is 11.8 Å². The van der Waals surface area contributed by atoms with E-state index in [1.54, 1.807) is 6.92 Å². The molecule has 0 bridgehead atoms. The molecule has 0 aromatic carbocycles. The lowest BCUT2D eigenvalue weighted by Gasteiger charge is -2.14. The van der Waals surface area contributed by atoms with Gasteiger partial charge in [0.1, 0.15) is 0 Å². The Balaban J connectivity index is 3.68. The average Bonchev–Trinajstić information content (AvgIpc) is 2.02. The molecule has 0 heterocycles. The summed E-state index contributed by atoms with van der Waals surface area (Å²) < 4.78 is 0. The van der Waals surface area contributed by atoms with Crippen LogP contribution in [0.25, 0.3) is 0 Å². The minimum Gasteiger partial charge on any atom is -0.368 e. The third kappa shape index (κ3) is 5.19. The molecule has 2 amide bonds. The Labute approximate surface area is 77.6 Å². The smallest absolute Gasteiger partial charge is 0.246 e. The molecule has 0 aliphatic heterocycles. The molecule has 0 spiro atoms. The molecule has 3 N–H and O–H groups in total. The second-order valence-corrected chi connectivity index (χ2v) is 3.25. The van der Waals surface area contributed by atoms with E-state index in [1.807, 2.05) is 13.8 Å². The number of nitrogens with two attached hydrogens (primary N) is 1. The summed E-state index contributed by atoms with van der Waals surface area (Å²) >= 11 is 0. The first-order valence-corrected chi connectivity index (χ1v) is 4.15. The number of hydrogen-bond acceptors (Lipinski definition) is 3. The van der Waals surface area contributed by atoms with Gasteiger partial charge >= 0.3 is 0 Å². The molecule has 0 saturated carbocycles. The number of amides is 2. The van der Waals surface area contributed by atoms with E-state index >= 15 is 0 Å². The number of carbonyl (C=O) groups is 2. The van der Waals surface area contributed by atoms with Crippen LogP contribution in [0.4, 0.5) is 0 Å². The zero-order valence-electron chi connectivity index (χ0n) is 8.16. The van der Waals surface area contributed by atoms with Gasteiger partial charge in [0.25, 0.3) is 0 Å². The third-order valence-corrected chi connectivity index (χ3v) is 1.80. The molecule has 0 aliphatic carbocycles. The van der Waals surface area contributed by atoms with Crippen molar-refractivity contribution in [1.82, 2.24) is 5.48 Å². The maximum absolute atomic E-state index is 11.2. The zero-order valence-corrected chi connectivity index (χ0v) is 8.16. The lowest BCUT2D eigenvalue weighted by Crippen LogP contribution is -2.34. The molecule has 0 radical (unpaired) electrons. The van der Waals surface area contributed by atoms with Gasteiger partial charge in [-0.25, -0.2) is 5.48 Å². The number of nitrogens with one attached hydrogen (secondary N) is 1. The predicted molar refractivity (Wildman–Crippen MR) is 47.3 cm³/mol. The van der Waals surface area contributed by atoms with Gasteiger partial charge in [0, 0.05) is 5.92 Å². The van der Waals surface area contributed by atoms with Gasteiger partial charge in [-0.1, -0.05) is 20.8 Å². The van der Waals surface area contributed by atoms with Crippen LogP contribution >= 0.6 is 0 Å². The van der Waals surface area contributed by atoms with Crippen LogP contribution in [-0.2, 0) is 14.4 Å². The maximum atomic E-state index is 11.2. The van der Waals surface area contributed by atoms with Crippen molar-refractivity contribution in [2.24, 2.45) is 17.6 Å². The molecular weight excluding hydrogens is 172 g/mol. The van der Waals surface area contributed by atoms with Crippen LogP contribution in [0.1, 0.15) is 20.8 Å². The van der Waals surface area contributed by atoms with E-state index in [0.29, 0.717) is 0 Å². The van der Waals surface area contributed by atoms with E-state index in [2.05, 4.69) is 10.3 Å². The van der Waals surface area contributed by atoms with Gasteiger partial charge in [0.15, 0.2) is 6.61 Å². The van der Waals surface area contributed by atoms with Gasteiger partial charge in [-0.2, -0.15) is 0 Å². The molecule has 0 aromatic heterocycles. The second kappa shape index (κ2) is 5.53. The number of primary amides is 1. The first-order valence-electron chi connectivity index (χ1n) is 4.15. The molecule has 0 fully saturated rings. The second-order valence-electron chi connectivity index (χ2n) is 3.25. The molecule has 0 aliphatic rings. The largest absolute Gasteiger partial charge is 0.368 e. The Hall–Kier alpha value is -1.10. The van der Waals surface area contributed by atoms with Gasteiger partial charge in [-0.3, -0.25) is 14.4 Å². The summed E-state index contributed by atoms with van der Waals surface area (Å²) in [7, 11) is 0. The molecular formula is C8H16N2O3. The molecule has 5 nitrogen and oxygen atoms in total. The molecule has 13 heavy (non-hydrogen) atoms. The van der Waals surface area contributed by atoms with Crippen molar-refractivity contribution in [2.75, 3.05) is 6.61 Å². The quantitative estimate of drug-likeness (QED) is 0.587. The summed E-state index contributed by atoms with van der Waals surface area (Å²) in [6.07, 6.45) is 0. The minimum absolute atomic E-state index is 0.145. The van der Waals surface area contributed by atoms with Crippen molar-refractivity contribution in [1.29, 1.82) is 0 Å². The van der Waals surface area contributed by atoms with Crippen molar-refractivity contribution in [3.8, 4) is 0 Å². The normalized spacial score (nSPS) is 12.6. The average molecular weight is 188 g/mol. The third-order valence-electron chi connectivity index (χ3n) is 1.80. The van der Waals surface area contributed by atoms with E-state index in [-0.39, 0.29) is 24.3 Å². The van der Waals surface area contributed by atoms with E-state index in [0.717, 1.165) is 0 Å². The fraction of sp³-hybridized carbons (Fsp3) is 0.750. The molecule has 1 atom stereocenters. The highest BCUT2D eigenvalue weighted by atomic mass is 16.7. The lowest BCUT2D eigenvalue weighted by molar-refractivity contribution is -0.141. The summed E-state index contributed by atoms with van der Waals surface area (Å²) in [6.45, 7) is 5.35. The summed E-state index contributed by atoms with van der Waals surface area (Å²) in [4.78, 5) is 26.0. The van der Waals surface area contributed by atoms with E-state index < -0.39 is 5.91 Å². The summed E-state index contributed by atoms with van der Waals surface area (Å²) in [5, 5.41) is 0. The summed E-state index contributed by atoms with van der Waals surface area (Å²) in [5.74, 6) is -0.765. The van der Waals surface area contributed by atoms with Gasteiger partial charge in [0.2, 0.25) is 11.8 Å². The zero-order chi connectivity index (χ0) is 10.4. The molecule has 0 saturated heterocycles. The van der Waals surface area contributed by atoms with Crippen LogP contribution in [0.15, 0.2) is 0 Å². The van der Waals surface area contributed by atoms with Crippen LogP contribution in [0.2, 0.25) is 0 Å². The Morgan fingerprint density at radius 2 is 1.92 bits per heavy atom. The van der Waals surface area contributed by atoms with Gasteiger partial charge in [0.05, 0.1) is 0 Å². The Bertz CT molecular complexity index is 192. The van der Waals surface area contributed by atoms with Crippen molar-refractivity contribution in [2.45, 2.75) is 20.8 Å². The predicted octanol–water partition coefficient (Wildman–Crippen LogP) is -0.188. The van der Waals surface area contributed by atoms with Crippen LogP contribution in [0.5, 0.6) is 0 Å². The fourth-order valence-electron chi connectivity index (χ4n) is 0.574. The molecule has 1 unspecified atom stereocenters. The Kier molecular flexibility index (Phi) is 5.06. The molecule has 5 heteroatoms. The van der Waals surface area contributed by atoms with Crippen LogP contribution in [-0.4, -0.2) is 18.4 Å². The topological polar surface area (TPSA) is 81.4 Å². The highest BCUT2D eigenvalue weighted by Crippen LogP contribution is 2.08. The van der Waals surface area contributed by atoms with E-state index in [9.17, 15) is 9.59 Å². The van der Waals surface area contributed by atoms with E-state index in [4.69, 9.17) is 5.73 Å². The maximum Gasteiger partial charge on any atom is 0.246 e. The monoisotopic (exact) mass is 188 g/mol. The van der Waals surface area contributed by atoms with Crippen LogP contribution < -0.4 is 11.2 Å². The van der Waals surface area contributed by atoms with Crippen LogP contribution in [0.3, 0.4) is 0 Å². The summed E-state index contributed by atoms with van der Waals surface area (Å²) in [5.41, 5.74) is 6.95. The van der Waals surface area contributed by atoms with Crippen molar-refractivity contribution in [3.05, 3.63) is 0 Å². The lowest BCUT2D eigenvalue weighted by atomic mass is 9.98. The van der Waals surface area contributed by atoms with Gasteiger partial charge in [-0.05, 0) is 5.92 Å². The highest BCUT2D eigenvalue weighted by molar-refractivity contribution is 5.78. The minimum atomic E-state index is -0.613. The van der Waals surface area contributed by atoms with E-state index in [1.165, 1.54) is 0 Å². The number of carbonyl (C=O) groups excluding carboxylic acids is 2. The van der Waals surface area contributed by atoms with Gasteiger partial charge < -0.3 is 5.73 Å². The number of rotatable bonds is 5. The molecule has 0 aromatic rings. The van der Waals surface area contributed by atoms with Crippen molar-refractivity contribution >= 4 is 11.8 Å². The first kappa shape index (κ1) is 11.9. The summed E-state index contributed by atoms with van der Waals surface area (Å²) in [6, 6.07) is 0. The Morgan fingerprint density at radius 1 is 1.38 bits per heavy atom. The molecule has 0 rings (SSSR count). The number of hydroxylamine groups is 1.